The Kier molecular flexibility index (Phi) is 5.00. The molecular formula is C19H19N3O2S. The predicted octanol–water partition coefficient (Wildman–Crippen LogP) is 3.52. The molecule has 0 spiro atoms. The number of rotatable bonds is 5. The third-order valence-electron chi connectivity index (χ3n) is 4.02. The fraction of sp³-hybridized carbons (Fsp3) is 0.158. The van der Waals surface area contributed by atoms with Crippen molar-refractivity contribution in [2.45, 2.75) is 13.8 Å². The molecule has 0 fully saturated rings. The molecule has 3 aromatic rings. The lowest BCUT2D eigenvalue weighted by Crippen LogP contribution is -2.33. The van der Waals surface area contributed by atoms with E-state index < -0.39 is 0 Å². The minimum atomic E-state index is -0.255. The van der Waals surface area contributed by atoms with Crippen molar-refractivity contribution in [3.05, 3.63) is 70.2 Å². The van der Waals surface area contributed by atoms with E-state index in [1.54, 1.807) is 0 Å². The quantitative estimate of drug-likeness (QED) is 0.737. The van der Waals surface area contributed by atoms with Gasteiger partial charge in [-0.15, -0.1) is 11.3 Å². The first-order chi connectivity index (χ1) is 12.1. The number of anilines is 1. The number of aryl methyl sites for hydroxylation is 1. The van der Waals surface area contributed by atoms with E-state index in [9.17, 15) is 9.59 Å². The second kappa shape index (κ2) is 7.36. The van der Waals surface area contributed by atoms with E-state index in [0.29, 0.717) is 4.88 Å². The molecule has 2 heterocycles. The molecule has 2 aromatic heterocycles. The van der Waals surface area contributed by atoms with E-state index >= 15 is 0 Å². The van der Waals surface area contributed by atoms with Crippen molar-refractivity contribution < 1.29 is 9.59 Å². The largest absolute Gasteiger partial charge is 0.342 e. The Morgan fingerprint density at radius 2 is 1.84 bits per heavy atom. The topological polar surface area (TPSA) is 63.1 Å². The van der Waals surface area contributed by atoms with Gasteiger partial charge >= 0.3 is 0 Å². The monoisotopic (exact) mass is 353 g/mol. The SMILES string of the molecule is Cc1cccc(NC(=O)CNC(=O)c2sccc2-n2cccc2)c1C. The van der Waals surface area contributed by atoms with E-state index in [4.69, 9.17) is 0 Å². The fourth-order valence-electron chi connectivity index (χ4n) is 2.49. The van der Waals surface area contributed by atoms with Crippen LogP contribution in [0.15, 0.2) is 54.2 Å². The van der Waals surface area contributed by atoms with E-state index in [1.807, 2.05) is 72.6 Å². The van der Waals surface area contributed by atoms with Gasteiger partial charge in [-0.05, 0) is 54.6 Å². The van der Waals surface area contributed by atoms with Crippen LogP contribution in [0.4, 0.5) is 5.69 Å². The normalized spacial score (nSPS) is 10.5. The molecule has 128 valence electrons. The number of nitrogens with zero attached hydrogens (tertiary/aromatic N) is 1. The summed E-state index contributed by atoms with van der Waals surface area (Å²) in [5, 5.41) is 7.39. The highest BCUT2D eigenvalue weighted by atomic mass is 32.1. The summed E-state index contributed by atoms with van der Waals surface area (Å²) in [4.78, 5) is 25.1. The number of carbonyl (C=O) groups excluding carboxylic acids is 2. The molecule has 0 aliphatic carbocycles. The average Bonchev–Trinajstić information content (AvgIpc) is 3.27. The summed E-state index contributed by atoms with van der Waals surface area (Å²) in [6.07, 6.45) is 3.76. The first kappa shape index (κ1) is 17.0. The Morgan fingerprint density at radius 3 is 2.60 bits per heavy atom. The van der Waals surface area contributed by atoms with Crippen molar-refractivity contribution in [3.63, 3.8) is 0 Å². The van der Waals surface area contributed by atoms with Gasteiger partial charge in [0.2, 0.25) is 5.91 Å². The van der Waals surface area contributed by atoms with Crippen LogP contribution in [0.5, 0.6) is 0 Å². The molecule has 2 N–H and O–H groups in total. The van der Waals surface area contributed by atoms with Crippen LogP contribution >= 0.6 is 11.3 Å². The second-order valence-corrected chi connectivity index (χ2v) is 6.62. The number of thiophene rings is 1. The molecule has 0 bridgehead atoms. The van der Waals surface area contributed by atoms with Gasteiger partial charge in [0, 0.05) is 18.1 Å². The first-order valence-corrected chi connectivity index (χ1v) is 8.79. The molecule has 0 radical (unpaired) electrons. The van der Waals surface area contributed by atoms with Crippen LogP contribution in [0.25, 0.3) is 5.69 Å². The van der Waals surface area contributed by atoms with Crippen molar-refractivity contribution in [3.8, 4) is 5.69 Å². The van der Waals surface area contributed by atoms with Gasteiger partial charge in [-0.2, -0.15) is 0 Å². The van der Waals surface area contributed by atoms with Crippen molar-refractivity contribution in [2.24, 2.45) is 0 Å². The molecule has 0 aliphatic rings. The Labute approximate surface area is 150 Å². The molecule has 25 heavy (non-hydrogen) atoms. The number of amides is 2. The molecule has 5 nitrogen and oxygen atoms in total. The summed E-state index contributed by atoms with van der Waals surface area (Å²) in [6, 6.07) is 11.4. The molecule has 1 aromatic carbocycles. The highest BCUT2D eigenvalue weighted by molar-refractivity contribution is 7.12. The lowest BCUT2D eigenvalue weighted by Gasteiger charge is -2.11. The molecule has 0 atom stereocenters. The zero-order valence-corrected chi connectivity index (χ0v) is 14.9. The number of hydrogen-bond donors (Lipinski definition) is 2. The molecule has 0 saturated heterocycles. The third kappa shape index (κ3) is 3.80. The summed E-state index contributed by atoms with van der Waals surface area (Å²) < 4.78 is 1.88. The Morgan fingerprint density at radius 1 is 1.08 bits per heavy atom. The van der Waals surface area contributed by atoms with Crippen molar-refractivity contribution in [1.82, 2.24) is 9.88 Å². The summed E-state index contributed by atoms with van der Waals surface area (Å²) in [5.41, 5.74) is 3.71. The molecule has 0 unspecified atom stereocenters. The van der Waals surface area contributed by atoms with Crippen LogP contribution in [0.1, 0.15) is 20.8 Å². The van der Waals surface area contributed by atoms with E-state index in [-0.39, 0.29) is 18.4 Å². The molecule has 0 saturated carbocycles. The molecular weight excluding hydrogens is 334 g/mol. The van der Waals surface area contributed by atoms with E-state index in [2.05, 4.69) is 10.6 Å². The molecule has 2 amide bonds. The van der Waals surface area contributed by atoms with Crippen LogP contribution in [-0.2, 0) is 4.79 Å². The number of carbonyl (C=O) groups is 2. The van der Waals surface area contributed by atoms with Crippen LogP contribution in [0.2, 0.25) is 0 Å². The minimum Gasteiger partial charge on any atom is -0.342 e. The Balaban J connectivity index is 1.62. The maximum absolute atomic E-state index is 12.4. The predicted molar refractivity (Wildman–Crippen MR) is 101 cm³/mol. The highest BCUT2D eigenvalue weighted by Gasteiger charge is 2.15. The summed E-state index contributed by atoms with van der Waals surface area (Å²) >= 11 is 1.35. The summed E-state index contributed by atoms with van der Waals surface area (Å²) in [6.45, 7) is 3.88. The maximum Gasteiger partial charge on any atom is 0.263 e. The first-order valence-electron chi connectivity index (χ1n) is 7.91. The van der Waals surface area contributed by atoms with E-state index in [1.165, 1.54) is 11.3 Å². The molecule has 0 aliphatic heterocycles. The van der Waals surface area contributed by atoms with Gasteiger partial charge in [-0.3, -0.25) is 9.59 Å². The van der Waals surface area contributed by atoms with Gasteiger partial charge in [0.1, 0.15) is 4.88 Å². The standard InChI is InChI=1S/C19H19N3O2S/c1-13-6-5-7-15(14(13)2)21-17(23)12-20-19(24)18-16(8-11-25-18)22-9-3-4-10-22/h3-11H,12H2,1-2H3,(H,20,24)(H,21,23). The van der Waals surface area contributed by atoms with E-state index in [0.717, 1.165) is 22.5 Å². The van der Waals surface area contributed by atoms with Crippen molar-refractivity contribution in [1.29, 1.82) is 0 Å². The molecule has 3 rings (SSSR count). The van der Waals surface area contributed by atoms with Crippen molar-refractivity contribution >= 4 is 28.8 Å². The zero-order valence-electron chi connectivity index (χ0n) is 14.1. The highest BCUT2D eigenvalue weighted by Crippen LogP contribution is 2.21. The summed E-state index contributed by atoms with van der Waals surface area (Å²) in [7, 11) is 0. The van der Waals surface area contributed by atoms with Gasteiger partial charge in [-0.25, -0.2) is 0 Å². The molecule has 6 heteroatoms. The van der Waals surface area contributed by atoms with Gasteiger partial charge in [-0.1, -0.05) is 12.1 Å². The number of benzene rings is 1. The Bertz CT molecular complexity index is 897. The lowest BCUT2D eigenvalue weighted by atomic mass is 10.1. The summed E-state index contributed by atoms with van der Waals surface area (Å²) in [5.74, 6) is -0.504. The second-order valence-electron chi connectivity index (χ2n) is 5.70. The van der Waals surface area contributed by atoms with Crippen LogP contribution < -0.4 is 10.6 Å². The zero-order chi connectivity index (χ0) is 17.8. The number of aromatic nitrogens is 1. The van der Waals surface area contributed by atoms with Crippen LogP contribution in [0, 0.1) is 13.8 Å². The number of nitrogens with one attached hydrogen (secondary N) is 2. The maximum atomic E-state index is 12.4. The van der Waals surface area contributed by atoms with Gasteiger partial charge < -0.3 is 15.2 Å². The smallest absolute Gasteiger partial charge is 0.263 e. The van der Waals surface area contributed by atoms with Gasteiger partial charge in [0.25, 0.3) is 5.91 Å². The average molecular weight is 353 g/mol. The fourth-order valence-corrected chi connectivity index (χ4v) is 3.30. The van der Waals surface area contributed by atoms with Crippen molar-refractivity contribution in [2.75, 3.05) is 11.9 Å². The van der Waals surface area contributed by atoms with Crippen LogP contribution in [0.3, 0.4) is 0 Å². The lowest BCUT2D eigenvalue weighted by molar-refractivity contribution is -0.115. The van der Waals surface area contributed by atoms with Crippen LogP contribution in [-0.4, -0.2) is 22.9 Å². The Hall–Kier alpha value is -2.86. The third-order valence-corrected chi connectivity index (χ3v) is 4.92. The minimum absolute atomic E-state index is 0.0742. The number of hydrogen-bond acceptors (Lipinski definition) is 3. The van der Waals surface area contributed by atoms with Gasteiger partial charge in [0.05, 0.1) is 12.2 Å². The van der Waals surface area contributed by atoms with Gasteiger partial charge in [0.15, 0.2) is 0 Å².